The smallest absolute Gasteiger partial charge is 0.166 e. The molecule has 0 aliphatic rings. The summed E-state index contributed by atoms with van der Waals surface area (Å²) in [4.78, 5) is 2.36. The Kier molecular flexibility index (Phi) is 4.00. The third-order valence-corrected chi connectivity index (χ3v) is 2.32. The van der Waals surface area contributed by atoms with Crippen LogP contribution in [0.15, 0.2) is 23.3 Å². The maximum absolute atomic E-state index is 12.5. The van der Waals surface area contributed by atoms with Gasteiger partial charge < -0.3 is 0 Å². The highest BCUT2D eigenvalue weighted by Crippen LogP contribution is 2.37. The number of halogens is 6. The molecular formula is C10H7F6N3. The van der Waals surface area contributed by atoms with Crippen LogP contribution in [0.1, 0.15) is 29.7 Å². The van der Waals surface area contributed by atoms with E-state index in [4.69, 9.17) is 5.53 Å². The average molecular weight is 283 g/mol. The topological polar surface area (TPSA) is 48.8 Å². The Labute approximate surface area is 103 Å². The Morgan fingerprint density at radius 1 is 1.00 bits per heavy atom. The number of hydrogen-bond donors (Lipinski definition) is 0. The summed E-state index contributed by atoms with van der Waals surface area (Å²) < 4.78 is 75.1. The van der Waals surface area contributed by atoms with E-state index in [1.54, 1.807) is 0 Å². The van der Waals surface area contributed by atoms with Crippen LogP contribution in [-0.4, -0.2) is 0 Å². The highest BCUT2D eigenvalue weighted by Gasteiger charge is 2.37. The van der Waals surface area contributed by atoms with E-state index in [9.17, 15) is 26.3 Å². The molecule has 1 unspecified atom stereocenters. The van der Waals surface area contributed by atoms with E-state index in [2.05, 4.69) is 10.0 Å². The molecule has 0 N–H and O–H groups in total. The monoisotopic (exact) mass is 283 g/mol. The van der Waals surface area contributed by atoms with E-state index >= 15 is 0 Å². The van der Waals surface area contributed by atoms with Crippen LogP contribution >= 0.6 is 0 Å². The molecule has 0 heterocycles. The molecule has 1 rings (SSSR count). The minimum atomic E-state index is -4.91. The van der Waals surface area contributed by atoms with Crippen LogP contribution in [0.25, 0.3) is 10.4 Å². The van der Waals surface area contributed by atoms with Crippen LogP contribution in [0, 0.1) is 0 Å². The van der Waals surface area contributed by atoms with Crippen molar-refractivity contribution in [1.82, 2.24) is 0 Å². The van der Waals surface area contributed by atoms with Crippen molar-refractivity contribution in [2.24, 2.45) is 5.11 Å². The second-order valence-corrected chi connectivity index (χ2v) is 3.72. The van der Waals surface area contributed by atoms with Gasteiger partial charge in [0.15, 0.2) is 0 Å². The molecule has 0 aromatic heterocycles. The molecule has 0 radical (unpaired) electrons. The first-order valence-electron chi connectivity index (χ1n) is 4.89. The Morgan fingerprint density at radius 3 is 1.74 bits per heavy atom. The first-order chi connectivity index (χ1) is 8.55. The van der Waals surface area contributed by atoms with Gasteiger partial charge in [0.1, 0.15) is 0 Å². The molecule has 3 nitrogen and oxygen atoms in total. The Morgan fingerprint density at radius 2 is 1.42 bits per heavy atom. The summed E-state index contributed by atoms with van der Waals surface area (Å²) >= 11 is 0. The number of rotatable bonds is 2. The van der Waals surface area contributed by atoms with E-state index in [0.717, 1.165) is 0 Å². The Bertz CT molecular complexity index is 481. The quantitative estimate of drug-likeness (QED) is 0.314. The molecule has 0 saturated carbocycles. The molecule has 1 atom stereocenters. The van der Waals surface area contributed by atoms with Gasteiger partial charge in [0.05, 0.1) is 17.2 Å². The zero-order chi connectivity index (χ0) is 14.8. The minimum absolute atomic E-state index is 0.0201. The van der Waals surface area contributed by atoms with Gasteiger partial charge in [-0.3, -0.25) is 0 Å². The first kappa shape index (κ1) is 15.2. The average Bonchev–Trinajstić information content (AvgIpc) is 2.26. The highest BCUT2D eigenvalue weighted by atomic mass is 19.4. The fourth-order valence-corrected chi connectivity index (χ4v) is 1.36. The lowest BCUT2D eigenvalue weighted by Crippen LogP contribution is -2.12. The summed E-state index contributed by atoms with van der Waals surface area (Å²) in [5.74, 6) is 0. The van der Waals surface area contributed by atoms with Crippen molar-refractivity contribution >= 4 is 0 Å². The fourth-order valence-electron chi connectivity index (χ4n) is 1.36. The van der Waals surface area contributed by atoms with Gasteiger partial charge in [-0.15, -0.1) is 0 Å². The SMILES string of the molecule is CC(N=[N+]=[N-])c1cc(C(F)(F)F)cc(C(F)(F)F)c1. The van der Waals surface area contributed by atoms with E-state index in [1.807, 2.05) is 0 Å². The summed E-state index contributed by atoms with van der Waals surface area (Å²) in [5.41, 5.74) is 4.96. The number of nitrogens with zero attached hydrogens (tertiary/aromatic N) is 3. The summed E-state index contributed by atoms with van der Waals surface area (Å²) in [5, 5.41) is 3.09. The van der Waals surface area contributed by atoms with Crippen molar-refractivity contribution in [3.05, 3.63) is 45.3 Å². The lowest BCUT2D eigenvalue weighted by atomic mass is 10.0. The van der Waals surface area contributed by atoms with Gasteiger partial charge >= 0.3 is 12.4 Å². The van der Waals surface area contributed by atoms with Gasteiger partial charge in [0.25, 0.3) is 0 Å². The van der Waals surface area contributed by atoms with Crippen molar-refractivity contribution in [2.45, 2.75) is 25.3 Å². The number of hydrogen-bond acceptors (Lipinski definition) is 1. The van der Waals surface area contributed by atoms with E-state index in [-0.39, 0.29) is 11.6 Å². The van der Waals surface area contributed by atoms with Crippen LogP contribution in [0.4, 0.5) is 26.3 Å². The molecule has 9 heteroatoms. The van der Waals surface area contributed by atoms with E-state index < -0.39 is 29.5 Å². The van der Waals surface area contributed by atoms with Crippen LogP contribution in [0.2, 0.25) is 0 Å². The second-order valence-electron chi connectivity index (χ2n) is 3.72. The molecule has 0 spiro atoms. The lowest BCUT2D eigenvalue weighted by molar-refractivity contribution is -0.143. The van der Waals surface area contributed by atoms with Crippen molar-refractivity contribution in [2.75, 3.05) is 0 Å². The first-order valence-corrected chi connectivity index (χ1v) is 4.89. The standard InChI is InChI=1S/C10H7F6N3/c1-5(18-19-17)6-2-7(9(11,12)13)4-8(3-6)10(14,15)16/h2-5H,1H3. The van der Waals surface area contributed by atoms with Crippen LogP contribution < -0.4 is 0 Å². The molecule has 1 aromatic rings. The molecule has 0 aliphatic heterocycles. The maximum Gasteiger partial charge on any atom is 0.416 e. The summed E-state index contributed by atoms with van der Waals surface area (Å²) in [6.45, 7) is 1.20. The maximum atomic E-state index is 12.5. The predicted octanol–water partition coefficient (Wildman–Crippen LogP) is 5.10. The molecule has 1 aromatic carbocycles. The third kappa shape index (κ3) is 3.78. The zero-order valence-corrected chi connectivity index (χ0v) is 9.42. The summed E-state index contributed by atoms with van der Waals surface area (Å²) in [6.07, 6.45) is -9.82. The Hall–Kier alpha value is -1.89. The van der Waals surface area contributed by atoms with Gasteiger partial charge in [-0.05, 0) is 29.3 Å². The van der Waals surface area contributed by atoms with Crippen molar-refractivity contribution in [3.8, 4) is 0 Å². The Balaban J connectivity index is 3.45. The molecule has 0 saturated heterocycles. The van der Waals surface area contributed by atoms with Crippen LogP contribution in [0.3, 0.4) is 0 Å². The van der Waals surface area contributed by atoms with Gasteiger partial charge in [0, 0.05) is 4.91 Å². The molecule has 0 amide bonds. The van der Waals surface area contributed by atoms with Gasteiger partial charge in [-0.25, -0.2) is 0 Å². The second kappa shape index (κ2) is 5.00. The molecule has 19 heavy (non-hydrogen) atoms. The highest BCUT2D eigenvalue weighted by molar-refractivity contribution is 5.35. The fraction of sp³-hybridized carbons (Fsp3) is 0.400. The number of azide groups is 1. The summed E-state index contributed by atoms with van der Waals surface area (Å²) in [7, 11) is 0. The normalized spacial score (nSPS) is 13.8. The minimum Gasteiger partial charge on any atom is -0.166 e. The van der Waals surface area contributed by atoms with Gasteiger partial charge in [-0.1, -0.05) is 12.0 Å². The number of alkyl halides is 6. The predicted molar refractivity (Wildman–Crippen MR) is 54.0 cm³/mol. The molecular weight excluding hydrogens is 276 g/mol. The zero-order valence-electron chi connectivity index (χ0n) is 9.42. The number of benzene rings is 1. The lowest BCUT2D eigenvalue weighted by Gasteiger charge is -2.15. The van der Waals surface area contributed by atoms with Crippen LogP contribution in [0.5, 0.6) is 0 Å². The molecule has 0 fully saturated rings. The molecule has 0 aliphatic carbocycles. The largest absolute Gasteiger partial charge is 0.416 e. The van der Waals surface area contributed by atoms with E-state index in [0.29, 0.717) is 12.1 Å². The molecule has 0 bridgehead atoms. The van der Waals surface area contributed by atoms with Gasteiger partial charge in [-0.2, -0.15) is 26.3 Å². The van der Waals surface area contributed by atoms with Crippen molar-refractivity contribution < 1.29 is 26.3 Å². The van der Waals surface area contributed by atoms with Crippen LogP contribution in [-0.2, 0) is 12.4 Å². The third-order valence-electron chi connectivity index (χ3n) is 2.32. The van der Waals surface area contributed by atoms with Crippen molar-refractivity contribution in [3.63, 3.8) is 0 Å². The van der Waals surface area contributed by atoms with Crippen molar-refractivity contribution in [1.29, 1.82) is 0 Å². The summed E-state index contributed by atoms with van der Waals surface area (Å²) in [6, 6.07) is -0.0384. The van der Waals surface area contributed by atoms with E-state index in [1.165, 1.54) is 6.92 Å². The van der Waals surface area contributed by atoms with Gasteiger partial charge in [0.2, 0.25) is 0 Å². The molecule has 104 valence electrons.